The van der Waals surface area contributed by atoms with E-state index in [1.165, 1.54) is 11.8 Å². The minimum atomic E-state index is -0.405. The van der Waals surface area contributed by atoms with E-state index in [0.717, 1.165) is 30.4 Å². The number of esters is 1. The monoisotopic (exact) mass is 444 g/mol. The van der Waals surface area contributed by atoms with Crippen LogP contribution in [0.1, 0.15) is 46.8 Å². The highest BCUT2D eigenvalue weighted by Gasteiger charge is 2.10. The molecule has 3 aromatic rings. The number of nitrogens with one attached hydrogen (secondary N) is 1. The van der Waals surface area contributed by atoms with Crippen LogP contribution in [-0.2, 0) is 11.2 Å². The van der Waals surface area contributed by atoms with Crippen LogP contribution in [0.5, 0.6) is 11.5 Å². The van der Waals surface area contributed by atoms with Gasteiger partial charge in [-0.1, -0.05) is 43.7 Å². The van der Waals surface area contributed by atoms with Crippen LogP contribution in [0.3, 0.4) is 0 Å². The van der Waals surface area contributed by atoms with Crippen molar-refractivity contribution >= 4 is 18.1 Å². The minimum Gasteiger partial charge on any atom is -0.484 e. The fourth-order valence-electron chi connectivity index (χ4n) is 3.08. The summed E-state index contributed by atoms with van der Waals surface area (Å²) in [6, 6.07) is 21.9. The molecule has 0 aliphatic carbocycles. The van der Waals surface area contributed by atoms with Crippen molar-refractivity contribution in [2.45, 2.75) is 33.1 Å². The number of carbonyl (C=O) groups is 2. The Labute approximate surface area is 194 Å². The first-order chi connectivity index (χ1) is 16.0. The third-order valence-electron chi connectivity index (χ3n) is 4.97. The second-order valence-corrected chi connectivity index (χ2v) is 7.60. The highest BCUT2D eigenvalue weighted by molar-refractivity contribution is 5.92. The summed E-state index contributed by atoms with van der Waals surface area (Å²) in [6.45, 7) is 3.90. The molecule has 0 saturated carbocycles. The number of carbonyl (C=O) groups excluding carboxylic acids is 2. The zero-order valence-electron chi connectivity index (χ0n) is 18.9. The van der Waals surface area contributed by atoms with E-state index in [0.29, 0.717) is 17.1 Å². The molecular formula is C27H28N2O4. The molecule has 0 unspecified atom stereocenters. The molecule has 3 rings (SSSR count). The first kappa shape index (κ1) is 23.7. The van der Waals surface area contributed by atoms with Crippen LogP contribution in [0.15, 0.2) is 77.9 Å². The molecule has 6 heteroatoms. The summed E-state index contributed by atoms with van der Waals surface area (Å²) in [5.74, 6) is 0.311. The molecule has 0 bridgehead atoms. The molecule has 0 saturated heterocycles. The summed E-state index contributed by atoms with van der Waals surface area (Å²) in [6.07, 6.45) is 4.86. The fraction of sp³-hybridized carbons (Fsp3) is 0.222. The number of amides is 1. The van der Waals surface area contributed by atoms with Gasteiger partial charge in [0.15, 0.2) is 6.61 Å². The van der Waals surface area contributed by atoms with Crippen LogP contribution < -0.4 is 14.9 Å². The van der Waals surface area contributed by atoms with E-state index in [1.807, 2.05) is 43.3 Å². The molecule has 0 spiro atoms. The Morgan fingerprint density at radius 1 is 0.939 bits per heavy atom. The average molecular weight is 445 g/mol. The lowest BCUT2D eigenvalue weighted by Crippen LogP contribution is -2.24. The standard InChI is InChI=1S/C27H28N2O4/c1-3-4-8-21-10-14-23(15-11-21)32-19-26(30)29-28-18-22-12-16-24(17-13-22)33-27(31)25-9-6-5-7-20(25)2/h5-7,9-18H,3-4,8,19H2,1-2H3,(H,29,30)/b28-18+. The number of nitrogens with zero attached hydrogens (tertiary/aromatic N) is 1. The summed E-state index contributed by atoms with van der Waals surface area (Å²) < 4.78 is 10.9. The van der Waals surface area contributed by atoms with Gasteiger partial charge in [0.05, 0.1) is 11.8 Å². The van der Waals surface area contributed by atoms with Crippen LogP contribution >= 0.6 is 0 Å². The van der Waals surface area contributed by atoms with Gasteiger partial charge in [0.1, 0.15) is 11.5 Å². The molecule has 0 aromatic heterocycles. The van der Waals surface area contributed by atoms with Crippen LogP contribution in [0.25, 0.3) is 0 Å². The van der Waals surface area contributed by atoms with E-state index < -0.39 is 5.97 Å². The summed E-state index contributed by atoms with van der Waals surface area (Å²) in [7, 11) is 0. The molecule has 0 heterocycles. The Hall–Kier alpha value is -3.93. The zero-order chi connectivity index (χ0) is 23.5. The van der Waals surface area contributed by atoms with Gasteiger partial charge in [-0.25, -0.2) is 10.2 Å². The van der Waals surface area contributed by atoms with Gasteiger partial charge in [0.2, 0.25) is 0 Å². The SMILES string of the molecule is CCCCc1ccc(OCC(=O)N/N=C/c2ccc(OC(=O)c3ccccc3C)cc2)cc1. The van der Waals surface area contributed by atoms with Gasteiger partial charge in [-0.05, 0) is 78.9 Å². The number of hydrogen-bond acceptors (Lipinski definition) is 5. The van der Waals surface area contributed by atoms with E-state index in [-0.39, 0.29) is 12.5 Å². The van der Waals surface area contributed by atoms with Gasteiger partial charge in [-0.2, -0.15) is 5.10 Å². The van der Waals surface area contributed by atoms with E-state index in [4.69, 9.17) is 9.47 Å². The van der Waals surface area contributed by atoms with Gasteiger partial charge in [0, 0.05) is 0 Å². The predicted molar refractivity (Wildman–Crippen MR) is 129 cm³/mol. The van der Waals surface area contributed by atoms with E-state index in [9.17, 15) is 9.59 Å². The number of rotatable bonds is 10. The number of aryl methyl sites for hydroxylation is 2. The highest BCUT2D eigenvalue weighted by Crippen LogP contribution is 2.16. The van der Waals surface area contributed by atoms with Crippen molar-refractivity contribution in [3.05, 3.63) is 95.1 Å². The molecule has 1 amide bonds. The van der Waals surface area contributed by atoms with Crippen molar-refractivity contribution < 1.29 is 19.1 Å². The maximum absolute atomic E-state index is 12.3. The summed E-state index contributed by atoms with van der Waals surface area (Å²) in [5.41, 5.74) is 5.82. The molecule has 170 valence electrons. The number of hydrogen-bond donors (Lipinski definition) is 1. The van der Waals surface area contributed by atoms with E-state index in [2.05, 4.69) is 17.5 Å². The molecule has 6 nitrogen and oxygen atoms in total. The maximum Gasteiger partial charge on any atom is 0.343 e. The zero-order valence-corrected chi connectivity index (χ0v) is 18.9. The molecular weight excluding hydrogens is 416 g/mol. The largest absolute Gasteiger partial charge is 0.484 e. The third-order valence-corrected chi connectivity index (χ3v) is 4.97. The number of hydrazone groups is 1. The van der Waals surface area contributed by atoms with Gasteiger partial charge in [-0.3, -0.25) is 4.79 Å². The smallest absolute Gasteiger partial charge is 0.343 e. The predicted octanol–water partition coefficient (Wildman–Crippen LogP) is 5.09. The summed E-state index contributed by atoms with van der Waals surface area (Å²) in [5, 5.41) is 3.94. The van der Waals surface area contributed by atoms with Crippen molar-refractivity contribution in [1.29, 1.82) is 0 Å². The first-order valence-corrected chi connectivity index (χ1v) is 11.0. The fourth-order valence-corrected chi connectivity index (χ4v) is 3.08. The van der Waals surface area contributed by atoms with Gasteiger partial charge < -0.3 is 9.47 Å². The van der Waals surface area contributed by atoms with Crippen LogP contribution in [0, 0.1) is 6.92 Å². The molecule has 33 heavy (non-hydrogen) atoms. The highest BCUT2D eigenvalue weighted by atomic mass is 16.5. The molecule has 0 aliphatic rings. The second-order valence-electron chi connectivity index (χ2n) is 7.60. The molecule has 3 aromatic carbocycles. The molecule has 1 N–H and O–H groups in total. The quantitative estimate of drug-likeness (QED) is 0.205. The second kappa shape index (κ2) is 12.2. The Morgan fingerprint density at radius 3 is 2.33 bits per heavy atom. The Kier molecular flexibility index (Phi) is 8.77. The van der Waals surface area contributed by atoms with Crippen molar-refractivity contribution in [3.63, 3.8) is 0 Å². The summed E-state index contributed by atoms with van der Waals surface area (Å²) in [4.78, 5) is 24.2. The normalized spacial score (nSPS) is 10.7. The third kappa shape index (κ3) is 7.61. The van der Waals surface area contributed by atoms with E-state index >= 15 is 0 Å². The minimum absolute atomic E-state index is 0.126. The summed E-state index contributed by atoms with van der Waals surface area (Å²) >= 11 is 0. The molecule has 0 aliphatic heterocycles. The lowest BCUT2D eigenvalue weighted by molar-refractivity contribution is -0.123. The van der Waals surface area contributed by atoms with Crippen molar-refractivity contribution in [3.8, 4) is 11.5 Å². The van der Waals surface area contributed by atoms with Crippen LogP contribution in [0.2, 0.25) is 0 Å². The average Bonchev–Trinajstić information content (AvgIpc) is 2.83. The Bertz CT molecular complexity index is 1090. The lowest BCUT2D eigenvalue weighted by Gasteiger charge is -2.07. The number of benzene rings is 3. The first-order valence-electron chi connectivity index (χ1n) is 11.0. The van der Waals surface area contributed by atoms with Gasteiger partial charge in [0.25, 0.3) is 5.91 Å². The lowest BCUT2D eigenvalue weighted by atomic mass is 10.1. The van der Waals surface area contributed by atoms with Crippen LogP contribution in [-0.4, -0.2) is 24.7 Å². The molecule has 0 fully saturated rings. The van der Waals surface area contributed by atoms with E-state index in [1.54, 1.807) is 36.4 Å². The number of ether oxygens (including phenoxy) is 2. The molecule has 0 radical (unpaired) electrons. The van der Waals surface area contributed by atoms with Gasteiger partial charge in [-0.15, -0.1) is 0 Å². The molecule has 0 atom stereocenters. The number of unbranched alkanes of at least 4 members (excludes halogenated alkanes) is 1. The maximum atomic E-state index is 12.3. The van der Waals surface area contributed by atoms with Crippen molar-refractivity contribution in [1.82, 2.24) is 5.43 Å². The Balaban J connectivity index is 1.43. The van der Waals surface area contributed by atoms with Crippen molar-refractivity contribution in [2.75, 3.05) is 6.61 Å². The topological polar surface area (TPSA) is 77.0 Å². The van der Waals surface area contributed by atoms with Crippen LogP contribution in [0.4, 0.5) is 0 Å². The van der Waals surface area contributed by atoms with Crippen molar-refractivity contribution in [2.24, 2.45) is 5.10 Å². The Morgan fingerprint density at radius 2 is 1.64 bits per heavy atom. The van der Waals surface area contributed by atoms with Gasteiger partial charge >= 0.3 is 5.97 Å².